The van der Waals surface area contributed by atoms with Gasteiger partial charge in [-0.25, -0.2) is 0 Å². The molecule has 0 spiro atoms. The topological polar surface area (TPSA) is 0 Å². The summed E-state index contributed by atoms with van der Waals surface area (Å²) in [4.78, 5) is 0. The first-order chi connectivity index (χ1) is 5.16. The van der Waals surface area contributed by atoms with E-state index < -0.39 is 0 Å². The maximum atomic E-state index is 3.56. The molecule has 0 heterocycles. The van der Waals surface area contributed by atoms with Crippen LogP contribution in [0.4, 0.5) is 0 Å². The van der Waals surface area contributed by atoms with Crippen LogP contribution in [0.2, 0.25) is 0 Å². The standard InChI is InChI=1S/C5H5.C5H8.Zr/c1-2-4-5-3-1;1-4-5(2)3;/h1-3H,4H2;4H,1-2H2,3H3;. The van der Waals surface area contributed by atoms with Crippen molar-refractivity contribution in [2.75, 3.05) is 0 Å². The minimum absolute atomic E-state index is 1.02. The average molecular weight is 224 g/mol. The summed E-state index contributed by atoms with van der Waals surface area (Å²) in [5, 5.41) is 0. The number of hydrogen-bond donors (Lipinski definition) is 0. The molecule has 1 rings (SSSR count). The van der Waals surface area contributed by atoms with E-state index in [1.54, 1.807) is 34.1 Å². The van der Waals surface area contributed by atoms with Gasteiger partial charge in [-0.3, -0.25) is 0 Å². The molecule has 0 bridgehead atoms. The molecule has 0 unspecified atom stereocenters. The van der Waals surface area contributed by atoms with E-state index in [1.165, 1.54) is 6.42 Å². The van der Waals surface area contributed by atoms with Crippen molar-refractivity contribution in [3.8, 4) is 0 Å². The second-order valence-corrected chi connectivity index (χ2v) is 3.95. The van der Waals surface area contributed by atoms with Gasteiger partial charge in [0.05, 0.1) is 0 Å². The summed E-state index contributed by atoms with van der Waals surface area (Å²) in [6.07, 6.45) is 9.41. The molecule has 1 aliphatic carbocycles. The molecule has 0 nitrogen and oxygen atoms in total. The molecule has 0 N–H and O–H groups in total. The van der Waals surface area contributed by atoms with Gasteiger partial charge in [0, 0.05) is 0 Å². The Hall–Kier alpha value is -0.157. The van der Waals surface area contributed by atoms with Crippen LogP contribution in [0.3, 0.4) is 0 Å². The van der Waals surface area contributed by atoms with Crippen LogP contribution in [0.25, 0.3) is 0 Å². The molecule has 0 aromatic carbocycles. The fourth-order valence-electron chi connectivity index (χ4n) is 0.447. The van der Waals surface area contributed by atoms with E-state index in [4.69, 9.17) is 0 Å². The molecule has 11 heavy (non-hydrogen) atoms. The van der Waals surface area contributed by atoms with E-state index in [0.717, 1.165) is 5.57 Å². The van der Waals surface area contributed by atoms with Crippen LogP contribution >= 0.6 is 0 Å². The third kappa shape index (κ3) is 7.74. The van der Waals surface area contributed by atoms with Gasteiger partial charge in [0.2, 0.25) is 0 Å². The van der Waals surface area contributed by atoms with Crippen LogP contribution in [0.15, 0.2) is 46.3 Å². The average Bonchev–Trinajstić information content (AvgIpc) is 2.41. The summed E-state index contributed by atoms with van der Waals surface area (Å²) in [6, 6.07) is 0. The van der Waals surface area contributed by atoms with E-state index >= 15 is 0 Å². The Morgan fingerprint density at radius 1 is 1.73 bits per heavy atom. The summed E-state index contributed by atoms with van der Waals surface area (Å²) in [7, 11) is 0. The second kappa shape index (κ2) is 6.55. The van der Waals surface area contributed by atoms with Crippen molar-refractivity contribution in [1.29, 1.82) is 0 Å². The van der Waals surface area contributed by atoms with Gasteiger partial charge < -0.3 is 0 Å². The molecule has 0 aromatic heterocycles. The van der Waals surface area contributed by atoms with Crippen molar-refractivity contribution < 1.29 is 24.7 Å². The molecule has 1 aliphatic rings. The van der Waals surface area contributed by atoms with Gasteiger partial charge in [0.25, 0.3) is 0 Å². The Balaban J connectivity index is 0.000000187. The molecular weight excluding hydrogens is 211 g/mol. The van der Waals surface area contributed by atoms with Gasteiger partial charge in [-0.1, -0.05) is 24.8 Å². The predicted molar refractivity (Wildman–Crippen MR) is 46.9 cm³/mol. The van der Waals surface area contributed by atoms with Crippen LogP contribution in [0.1, 0.15) is 13.3 Å². The SMILES string of the molecule is C=CC(=C)C.[Zr][C]1=CC=CC1. The third-order valence-electron chi connectivity index (χ3n) is 1.12. The van der Waals surface area contributed by atoms with E-state index in [1.807, 2.05) is 6.92 Å². The molecule has 0 saturated carbocycles. The second-order valence-electron chi connectivity index (χ2n) is 2.37. The summed E-state index contributed by atoms with van der Waals surface area (Å²) in [5.74, 6) is 0. The zero-order valence-electron chi connectivity index (χ0n) is 6.93. The van der Waals surface area contributed by atoms with Crippen LogP contribution in [0.5, 0.6) is 0 Å². The molecule has 0 atom stereocenters. The quantitative estimate of drug-likeness (QED) is 0.600. The number of hydrogen-bond acceptors (Lipinski definition) is 0. The van der Waals surface area contributed by atoms with Gasteiger partial charge in [0.1, 0.15) is 0 Å². The van der Waals surface area contributed by atoms with Gasteiger partial charge >= 0.3 is 52.6 Å². The van der Waals surface area contributed by atoms with E-state index in [9.17, 15) is 0 Å². The Morgan fingerprint density at radius 2 is 2.27 bits per heavy atom. The first-order valence-electron chi connectivity index (χ1n) is 3.52. The van der Waals surface area contributed by atoms with Crippen LogP contribution in [-0.4, -0.2) is 0 Å². The van der Waals surface area contributed by atoms with E-state index in [2.05, 4.69) is 31.4 Å². The fourth-order valence-corrected chi connectivity index (χ4v) is 0.973. The Bertz CT molecular complexity index is 197. The first kappa shape index (κ1) is 10.8. The Morgan fingerprint density at radius 3 is 2.36 bits per heavy atom. The zero-order chi connectivity index (χ0) is 8.69. The molecular formula is C10H13Zr. The maximum absolute atomic E-state index is 3.56. The fraction of sp³-hybridized carbons (Fsp3) is 0.200. The van der Waals surface area contributed by atoms with Crippen molar-refractivity contribution in [2.24, 2.45) is 0 Å². The molecule has 0 fully saturated rings. The predicted octanol–water partition coefficient (Wildman–Crippen LogP) is 3.13. The summed E-state index contributed by atoms with van der Waals surface area (Å²) >= 11 is 1.56. The van der Waals surface area contributed by atoms with Crippen LogP contribution in [0, 0.1) is 0 Å². The molecule has 0 saturated heterocycles. The number of rotatable bonds is 1. The molecule has 0 aromatic rings. The van der Waals surface area contributed by atoms with Crippen molar-refractivity contribution in [1.82, 2.24) is 0 Å². The summed E-state index contributed by atoms with van der Waals surface area (Å²) < 4.78 is 1.56. The summed E-state index contributed by atoms with van der Waals surface area (Å²) in [5.41, 5.74) is 1.02. The monoisotopic (exact) mass is 223 g/mol. The summed E-state index contributed by atoms with van der Waals surface area (Å²) in [6.45, 7) is 8.93. The molecule has 0 amide bonds. The molecule has 0 aliphatic heterocycles. The molecule has 0 radical (unpaired) electrons. The van der Waals surface area contributed by atoms with Gasteiger partial charge in [-0.2, -0.15) is 0 Å². The molecule has 57 valence electrons. The third-order valence-corrected chi connectivity index (χ3v) is 2.03. The van der Waals surface area contributed by atoms with Crippen molar-refractivity contribution >= 4 is 0 Å². The first-order valence-corrected chi connectivity index (χ1v) is 4.75. The zero-order valence-corrected chi connectivity index (χ0v) is 9.39. The van der Waals surface area contributed by atoms with Gasteiger partial charge in [-0.15, -0.1) is 0 Å². The number of allylic oxidation sites excluding steroid dienone is 6. The minimum atomic E-state index is 1.02. The Labute approximate surface area is 84.2 Å². The van der Waals surface area contributed by atoms with Gasteiger partial charge in [0.15, 0.2) is 0 Å². The van der Waals surface area contributed by atoms with E-state index in [0.29, 0.717) is 0 Å². The van der Waals surface area contributed by atoms with Crippen molar-refractivity contribution in [3.05, 3.63) is 46.3 Å². The van der Waals surface area contributed by atoms with Gasteiger partial charge in [-0.05, 0) is 6.92 Å². The normalized spacial score (nSPS) is 12.9. The van der Waals surface area contributed by atoms with Crippen LogP contribution in [-0.2, 0) is 24.7 Å². The van der Waals surface area contributed by atoms with Crippen molar-refractivity contribution in [3.63, 3.8) is 0 Å². The van der Waals surface area contributed by atoms with E-state index in [-0.39, 0.29) is 0 Å². The molecule has 1 heteroatoms. The van der Waals surface area contributed by atoms with Crippen LogP contribution < -0.4 is 0 Å². The Kier molecular flexibility index (Phi) is 6.45. The van der Waals surface area contributed by atoms with Crippen molar-refractivity contribution in [2.45, 2.75) is 13.3 Å².